The standard InChI is InChI=1S/C17H33NO/c1-3-6-15-7-5-11-18(12-10-15)16-13-14(4-2)8-9-17(16)19/h14-17,19H,3-13H2,1-2H3. The van der Waals surface area contributed by atoms with Gasteiger partial charge in [-0.05, 0) is 63.5 Å². The number of likely N-dealkylation sites (tertiary alicyclic amines) is 1. The molecule has 2 fully saturated rings. The highest BCUT2D eigenvalue weighted by molar-refractivity contribution is 4.87. The van der Waals surface area contributed by atoms with Crippen molar-refractivity contribution in [1.29, 1.82) is 0 Å². The second-order valence-corrected chi connectivity index (χ2v) is 6.84. The normalized spacial score (nSPS) is 38.1. The summed E-state index contributed by atoms with van der Waals surface area (Å²) in [5.41, 5.74) is 0. The molecule has 112 valence electrons. The maximum Gasteiger partial charge on any atom is 0.0695 e. The maximum atomic E-state index is 10.4. The van der Waals surface area contributed by atoms with Crippen molar-refractivity contribution in [3.8, 4) is 0 Å². The topological polar surface area (TPSA) is 23.5 Å². The summed E-state index contributed by atoms with van der Waals surface area (Å²) in [7, 11) is 0. The lowest BCUT2D eigenvalue weighted by Gasteiger charge is -2.40. The van der Waals surface area contributed by atoms with Crippen molar-refractivity contribution in [2.24, 2.45) is 11.8 Å². The van der Waals surface area contributed by atoms with Crippen LogP contribution in [0.4, 0.5) is 0 Å². The van der Waals surface area contributed by atoms with E-state index in [1.807, 2.05) is 0 Å². The van der Waals surface area contributed by atoms with Gasteiger partial charge in [-0.2, -0.15) is 0 Å². The Hall–Kier alpha value is -0.0800. The van der Waals surface area contributed by atoms with Crippen LogP contribution < -0.4 is 0 Å². The highest BCUT2D eigenvalue weighted by atomic mass is 16.3. The van der Waals surface area contributed by atoms with E-state index in [9.17, 15) is 5.11 Å². The summed E-state index contributed by atoms with van der Waals surface area (Å²) in [5, 5.41) is 10.4. The monoisotopic (exact) mass is 267 g/mol. The van der Waals surface area contributed by atoms with Crippen LogP contribution in [0, 0.1) is 11.8 Å². The van der Waals surface area contributed by atoms with Crippen molar-refractivity contribution in [1.82, 2.24) is 4.90 Å². The van der Waals surface area contributed by atoms with Gasteiger partial charge in [-0.3, -0.25) is 4.90 Å². The molecule has 1 aliphatic heterocycles. The molecule has 0 aromatic rings. The fourth-order valence-electron chi connectivity index (χ4n) is 4.19. The highest BCUT2D eigenvalue weighted by Crippen LogP contribution is 2.32. The third-order valence-corrected chi connectivity index (χ3v) is 5.52. The zero-order chi connectivity index (χ0) is 13.7. The lowest BCUT2D eigenvalue weighted by Crippen LogP contribution is -2.47. The SMILES string of the molecule is CCCC1CCCN(C2CC(CC)CCC2O)CC1. The number of nitrogens with zero attached hydrogens (tertiary/aromatic N) is 1. The second-order valence-electron chi connectivity index (χ2n) is 6.84. The minimum Gasteiger partial charge on any atom is -0.391 e. The predicted octanol–water partition coefficient (Wildman–Crippen LogP) is 3.83. The van der Waals surface area contributed by atoms with E-state index >= 15 is 0 Å². The van der Waals surface area contributed by atoms with Gasteiger partial charge in [0, 0.05) is 6.04 Å². The third-order valence-electron chi connectivity index (χ3n) is 5.52. The molecule has 0 radical (unpaired) electrons. The van der Waals surface area contributed by atoms with Crippen molar-refractivity contribution >= 4 is 0 Å². The first kappa shape index (κ1) is 15.3. The van der Waals surface area contributed by atoms with Gasteiger partial charge in [0.1, 0.15) is 0 Å². The van der Waals surface area contributed by atoms with Gasteiger partial charge in [0.05, 0.1) is 6.10 Å². The van der Waals surface area contributed by atoms with Crippen molar-refractivity contribution in [2.75, 3.05) is 13.1 Å². The van der Waals surface area contributed by atoms with Crippen LogP contribution in [0.5, 0.6) is 0 Å². The highest BCUT2D eigenvalue weighted by Gasteiger charge is 2.33. The van der Waals surface area contributed by atoms with Gasteiger partial charge in [0.15, 0.2) is 0 Å². The Kier molecular flexibility index (Phi) is 6.15. The average molecular weight is 267 g/mol. The Morgan fingerprint density at radius 3 is 2.58 bits per heavy atom. The maximum absolute atomic E-state index is 10.4. The molecule has 2 nitrogen and oxygen atoms in total. The van der Waals surface area contributed by atoms with Crippen LogP contribution in [0.2, 0.25) is 0 Å². The zero-order valence-electron chi connectivity index (χ0n) is 13.0. The molecule has 0 aromatic carbocycles. The zero-order valence-corrected chi connectivity index (χ0v) is 13.0. The summed E-state index contributed by atoms with van der Waals surface area (Å²) < 4.78 is 0. The first-order valence-electron chi connectivity index (χ1n) is 8.66. The van der Waals surface area contributed by atoms with Crippen LogP contribution in [0.15, 0.2) is 0 Å². The molecule has 1 saturated carbocycles. The number of aliphatic hydroxyl groups excluding tert-OH is 1. The third kappa shape index (κ3) is 4.19. The van der Waals surface area contributed by atoms with Gasteiger partial charge >= 0.3 is 0 Å². The fourth-order valence-corrected chi connectivity index (χ4v) is 4.19. The minimum atomic E-state index is -0.0643. The van der Waals surface area contributed by atoms with Crippen LogP contribution in [-0.2, 0) is 0 Å². The average Bonchev–Trinajstić information content (AvgIpc) is 2.65. The Bertz CT molecular complexity index is 256. The number of aliphatic hydroxyl groups is 1. The van der Waals surface area contributed by atoms with Crippen LogP contribution in [0.1, 0.15) is 71.6 Å². The predicted molar refractivity (Wildman–Crippen MR) is 81.2 cm³/mol. The molecule has 1 heterocycles. The molecule has 2 rings (SSSR count). The summed E-state index contributed by atoms with van der Waals surface area (Å²) in [5.74, 6) is 1.79. The summed E-state index contributed by atoms with van der Waals surface area (Å²) >= 11 is 0. The smallest absolute Gasteiger partial charge is 0.0695 e. The van der Waals surface area contributed by atoms with Crippen molar-refractivity contribution in [3.05, 3.63) is 0 Å². The molecule has 0 spiro atoms. The van der Waals surface area contributed by atoms with Crippen molar-refractivity contribution < 1.29 is 5.11 Å². The summed E-state index contributed by atoms with van der Waals surface area (Å²) in [6.45, 7) is 7.06. The minimum absolute atomic E-state index is 0.0643. The number of hydrogen-bond acceptors (Lipinski definition) is 2. The molecule has 0 amide bonds. The molecule has 4 unspecified atom stereocenters. The first-order chi connectivity index (χ1) is 9.24. The lowest BCUT2D eigenvalue weighted by molar-refractivity contribution is 0.00333. The molecule has 0 bridgehead atoms. The Morgan fingerprint density at radius 2 is 1.84 bits per heavy atom. The molecule has 2 aliphatic rings. The molecule has 4 atom stereocenters. The van der Waals surface area contributed by atoms with Gasteiger partial charge in [0.25, 0.3) is 0 Å². The van der Waals surface area contributed by atoms with Crippen molar-refractivity contribution in [2.45, 2.75) is 83.8 Å². The summed E-state index contributed by atoms with van der Waals surface area (Å²) in [6, 6.07) is 0.457. The van der Waals surface area contributed by atoms with Gasteiger partial charge in [-0.1, -0.05) is 33.1 Å². The number of hydrogen-bond donors (Lipinski definition) is 1. The summed E-state index contributed by atoms with van der Waals surface area (Å²) in [6.07, 6.45) is 11.5. The summed E-state index contributed by atoms with van der Waals surface area (Å²) in [4.78, 5) is 2.63. The number of rotatable bonds is 4. The van der Waals surface area contributed by atoms with Gasteiger partial charge < -0.3 is 5.11 Å². The molecule has 19 heavy (non-hydrogen) atoms. The van der Waals surface area contributed by atoms with E-state index in [-0.39, 0.29) is 6.10 Å². The Labute approximate surface area is 119 Å². The molecule has 1 N–H and O–H groups in total. The quantitative estimate of drug-likeness (QED) is 0.837. The van der Waals surface area contributed by atoms with E-state index in [2.05, 4.69) is 18.7 Å². The van der Waals surface area contributed by atoms with E-state index in [1.54, 1.807) is 0 Å². The van der Waals surface area contributed by atoms with Crippen LogP contribution in [0.3, 0.4) is 0 Å². The van der Waals surface area contributed by atoms with E-state index in [1.165, 1.54) is 64.5 Å². The van der Waals surface area contributed by atoms with Crippen LogP contribution in [0.25, 0.3) is 0 Å². The van der Waals surface area contributed by atoms with Crippen LogP contribution in [-0.4, -0.2) is 35.2 Å². The van der Waals surface area contributed by atoms with E-state index < -0.39 is 0 Å². The Balaban J connectivity index is 1.89. The van der Waals surface area contributed by atoms with Gasteiger partial charge in [-0.25, -0.2) is 0 Å². The molecule has 2 heteroatoms. The first-order valence-corrected chi connectivity index (χ1v) is 8.66. The lowest BCUT2D eigenvalue weighted by atomic mass is 9.81. The molecular weight excluding hydrogens is 234 g/mol. The van der Waals surface area contributed by atoms with Crippen LogP contribution >= 0.6 is 0 Å². The van der Waals surface area contributed by atoms with E-state index in [0.717, 1.165) is 18.3 Å². The fraction of sp³-hybridized carbons (Fsp3) is 1.00. The molecule has 1 aliphatic carbocycles. The second kappa shape index (κ2) is 7.64. The molecule has 0 aromatic heterocycles. The molecule has 1 saturated heterocycles. The van der Waals surface area contributed by atoms with E-state index in [0.29, 0.717) is 6.04 Å². The van der Waals surface area contributed by atoms with Gasteiger partial charge in [-0.15, -0.1) is 0 Å². The Morgan fingerprint density at radius 1 is 1.00 bits per heavy atom. The van der Waals surface area contributed by atoms with Crippen molar-refractivity contribution in [3.63, 3.8) is 0 Å². The largest absolute Gasteiger partial charge is 0.391 e. The van der Waals surface area contributed by atoms with E-state index in [4.69, 9.17) is 0 Å². The van der Waals surface area contributed by atoms with Gasteiger partial charge in [0.2, 0.25) is 0 Å². The molecular formula is C17H33NO.